The first-order chi connectivity index (χ1) is 11.7. The van der Waals surface area contributed by atoms with Gasteiger partial charge in [-0.2, -0.15) is 0 Å². The van der Waals surface area contributed by atoms with Crippen LogP contribution in [0.1, 0.15) is 60.3 Å². The monoisotopic (exact) mass is 368 g/mol. The van der Waals surface area contributed by atoms with E-state index in [1.165, 1.54) is 5.57 Å². The molecule has 25 heavy (non-hydrogen) atoms. The van der Waals surface area contributed by atoms with Crippen molar-refractivity contribution in [3.05, 3.63) is 22.1 Å². The summed E-state index contributed by atoms with van der Waals surface area (Å²) in [6.07, 6.45) is 4.82. The number of halogens is 1. The summed E-state index contributed by atoms with van der Waals surface area (Å²) in [6.45, 7) is 10.9. The van der Waals surface area contributed by atoms with Crippen molar-refractivity contribution in [2.75, 3.05) is 13.1 Å². The average molecular weight is 369 g/mol. The molecule has 0 spiro atoms. The normalized spacial score (nSPS) is 20.0. The maximum atomic E-state index is 12.1. The van der Waals surface area contributed by atoms with Gasteiger partial charge in [-0.1, -0.05) is 18.5 Å². The van der Waals surface area contributed by atoms with Crippen molar-refractivity contribution in [1.29, 1.82) is 0 Å². The molecule has 0 aliphatic carbocycles. The number of carbonyl (C=O) groups excluding carboxylic acids is 1. The molecule has 2 heterocycles. The number of nitrogens with zero attached hydrogens (tertiary/aromatic N) is 2. The number of hydrogen-bond acceptors (Lipinski definition) is 4. The zero-order chi connectivity index (χ0) is 18.6. The fourth-order valence-corrected chi connectivity index (χ4v) is 3.13. The van der Waals surface area contributed by atoms with Gasteiger partial charge in [-0.05, 0) is 39.7 Å². The van der Waals surface area contributed by atoms with E-state index in [1.54, 1.807) is 4.90 Å². The minimum Gasteiger partial charge on any atom is -0.474 e. The maximum Gasteiger partial charge on any atom is 0.410 e. The fraction of sp³-hybridized carbons (Fsp3) is 0.684. The molecular formula is C19H29ClN2O3. The van der Waals surface area contributed by atoms with Gasteiger partial charge in [0.05, 0.1) is 0 Å². The lowest BCUT2D eigenvalue weighted by molar-refractivity contribution is 0.00395. The molecule has 6 heteroatoms. The Morgan fingerprint density at radius 1 is 1.36 bits per heavy atom. The number of amides is 1. The molecule has 0 atom stereocenters. The SMILES string of the molecule is CCC1=C(Cl)C(C)=C(OC2CCN(C(=O)OC(C)(C)C)CC2)N=CC1. The molecule has 1 fully saturated rings. The van der Waals surface area contributed by atoms with Crippen LogP contribution in [0.2, 0.25) is 0 Å². The van der Waals surface area contributed by atoms with E-state index in [9.17, 15) is 4.79 Å². The van der Waals surface area contributed by atoms with Crippen molar-refractivity contribution in [3.8, 4) is 0 Å². The number of ether oxygens (including phenoxy) is 2. The van der Waals surface area contributed by atoms with Crippen molar-refractivity contribution in [2.45, 2.75) is 72.0 Å². The van der Waals surface area contributed by atoms with Crippen molar-refractivity contribution in [3.63, 3.8) is 0 Å². The first-order valence-corrected chi connectivity index (χ1v) is 9.35. The third kappa shape index (κ3) is 5.50. The zero-order valence-electron chi connectivity index (χ0n) is 15.9. The van der Waals surface area contributed by atoms with Crippen LogP contribution >= 0.6 is 11.6 Å². The highest BCUT2D eigenvalue weighted by Gasteiger charge is 2.28. The summed E-state index contributed by atoms with van der Waals surface area (Å²) >= 11 is 6.47. The molecule has 1 saturated heterocycles. The topological polar surface area (TPSA) is 51.1 Å². The molecule has 0 aromatic carbocycles. The average Bonchev–Trinajstić information content (AvgIpc) is 2.67. The molecule has 0 radical (unpaired) electrons. The lowest BCUT2D eigenvalue weighted by atomic mass is 10.1. The molecule has 0 N–H and O–H groups in total. The van der Waals surface area contributed by atoms with Crippen LogP contribution < -0.4 is 0 Å². The van der Waals surface area contributed by atoms with Gasteiger partial charge in [0.1, 0.15) is 11.7 Å². The van der Waals surface area contributed by atoms with Gasteiger partial charge in [0, 0.05) is 49.2 Å². The number of likely N-dealkylation sites (tertiary alicyclic amines) is 1. The minimum atomic E-state index is -0.471. The summed E-state index contributed by atoms with van der Waals surface area (Å²) in [6, 6.07) is 0. The van der Waals surface area contributed by atoms with E-state index in [0.29, 0.717) is 19.0 Å². The Kier molecular flexibility index (Phi) is 6.55. The van der Waals surface area contributed by atoms with E-state index in [2.05, 4.69) is 11.9 Å². The third-order valence-electron chi connectivity index (χ3n) is 4.31. The molecule has 5 nitrogen and oxygen atoms in total. The number of allylic oxidation sites excluding steroid dienone is 3. The quantitative estimate of drug-likeness (QED) is 0.703. The number of carbonyl (C=O) groups is 1. The zero-order valence-corrected chi connectivity index (χ0v) is 16.7. The Balaban J connectivity index is 1.95. The molecule has 2 aliphatic heterocycles. The van der Waals surface area contributed by atoms with Gasteiger partial charge in [0.25, 0.3) is 0 Å². The van der Waals surface area contributed by atoms with Crippen LogP contribution in [0.5, 0.6) is 0 Å². The predicted octanol–water partition coefficient (Wildman–Crippen LogP) is 5.01. The second-order valence-corrected chi connectivity index (χ2v) is 7.88. The van der Waals surface area contributed by atoms with Crippen LogP contribution in [0.15, 0.2) is 27.1 Å². The molecule has 1 amide bonds. The maximum absolute atomic E-state index is 12.1. The Bertz CT molecular complexity index is 594. The fourth-order valence-electron chi connectivity index (χ4n) is 2.84. The first-order valence-electron chi connectivity index (χ1n) is 8.97. The highest BCUT2D eigenvalue weighted by Crippen LogP contribution is 2.30. The lowest BCUT2D eigenvalue weighted by Crippen LogP contribution is -2.43. The van der Waals surface area contributed by atoms with Gasteiger partial charge in [0.2, 0.25) is 5.88 Å². The second kappa shape index (κ2) is 8.26. The molecule has 0 aromatic rings. The van der Waals surface area contributed by atoms with Crippen molar-refractivity contribution in [1.82, 2.24) is 4.90 Å². The number of rotatable bonds is 3. The molecule has 140 valence electrons. The van der Waals surface area contributed by atoms with Crippen LogP contribution in [0.4, 0.5) is 4.79 Å². The van der Waals surface area contributed by atoms with Gasteiger partial charge in [-0.25, -0.2) is 9.79 Å². The van der Waals surface area contributed by atoms with Gasteiger partial charge >= 0.3 is 6.09 Å². The molecule has 0 bridgehead atoms. The molecule has 0 aromatic heterocycles. The smallest absolute Gasteiger partial charge is 0.410 e. The summed E-state index contributed by atoms with van der Waals surface area (Å²) in [5.74, 6) is 0.601. The number of piperidine rings is 1. The Morgan fingerprint density at radius 2 is 2.00 bits per heavy atom. The predicted molar refractivity (Wildman–Crippen MR) is 101 cm³/mol. The number of hydrogen-bond donors (Lipinski definition) is 0. The van der Waals surface area contributed by atoms with Crippen LogP contribution in [0.3, 0.4) is 0 Å². The van der Waals surface area contributed by atoms with E-state index in [-0.39, 0.29) is 12.2 Å². The van der Waals surface area contributed by atoms with Crippen LogP contribution in [-0.2, 0) is 9.47 Å². The summed E-state index contributed by atoms with van der Waals surface area (Å²) in [4.78, 5) is 18.3. The van der Waals surface area contributed by atoms with Gasteiger partial charge in [-0.3, -0.25) is 0 Å². The molecule has 0 unspecified atom stereocenters. The largest absolute Gasteiger partial charge is 0.474 e. The minimum absolute atomic E-state index is 0.0356. The van der Waals surface area contributed by atoms with Crippen LogP contribution in [-0.4, -0.2) is 42.0 Å². The van der Waals surface area contributed by atoms with E-state index in [0.717, 1.165) is 36.3 Å². The van der Waals surface area contributed by atoms with Crippen molar-refractivity contribution < 1.29 is 14.3 Å². The Labute approximate surface area is 155 Å². The Morgan fingerprint density at radius 3 is 2.56 bits per heavy atom. The third-order valence-corrected chi connectivity index (χ3v) is 4.86. The highest BCUT2D eigenvalue weighted by atomic mass is 35.5. The second-order valence-electron chi connectivity index (χ2n) is 7.50. The first kappa shape index (κ1) is 19.8. The summed E-state index contributed by atoms with van der Waals surface area (Å²) in [7, 11) is 0. The lowest BCUT2D eigenvalue weighted by Gasteiger charge is -2.33. The molecule has 2 rings (SSSR count). The van der Waals surface area contributed by atoms with Crippen LogP contribution in [0.25, 0.3) is 0 Å². The molecular weight excluding hydrogens is 340 g/mol. The van der Waals surface area contributed by atoms with E-state index in [4.69, 9.17) is 21.1 Å². The van der Waals surface area contributed by atoms with E-state index >= 15 is 0 Å². The standard InChI is InChI=1S/C19H29ClN2O3/c1-6-14-7-10-21-17(13(2)16(14)20)24-15-8-11-22(12-9-15)18(23)25-19(3,4)5/h10,15H,6-9,11-12H2,1-5H3. The van der Waals surface area contributed by atoms with Gasteiger partial charge in [0.15, 0.2) is 0 Å². The van der Waals surface area contributed by atoms with Crippen molar-refractivity contribution >= 4 is 23.9 Å². The number of aliphatic imine (C=N–C) groups is 1. The van der Waals surface area contributed by atoms with E-state index < -0.39 is 5.60 Å². The summed E-state index contributed by atoms with van der Waals surface area (Å²) < 4.78 is 11.5. The molecule has 0 saturated carbocycles. The Hall–Kier alpha value is -1.49. The van der Waals surface area contributed by atoms with Crippen molar-refractivity contribution in [2.24, 2.45) is 4.99 Å². The summed E-state index contributed by atoms with van der Waals surface area (Å²) in [5, 5.41) is 0.765. The van der Waals surface area contributed by atoms with Gasteiger partial charge < -0.3 is 14.4 Å². The van der Waals surface area contributed by atoms with Gasteiger partial charge in [-0.15, -0.1) is 0 Å². The highest BCUT2D eigenvalue weighted by molar-refractivity contribution is 6.32. The molecule has 2 aliphatic rings. The van der Waals surface area contributed by atoms with Crippen LogP contribution in [0, 0.1) is 0 Å². The summed E-state index contributed by atoms with van der Waals surface area (Å²) in [5.41, 5.74) is 1.60. The van der Waals surface area contributed by atoms with E-state index in [1.807, 2.05) is 33.9 Å².